The molecule has 0 radical (unpaired) electrons. The number of halogens is 3. The van der Waals surface area contributed by atoms with Gasteiger partial charge in [0.1, 0.15) is 42.3 Å². The third-order valence-corrected chi connectivity index (χ3v) is 10.8. The Morgan fingerprint density at radius 1 is 0.983 bits per heavy atom. The van der Waals surface area contributed by atoms with Gasteiger partial charge in [-0.1, -0.05) is 12.1 Å². The maximum absolute atomic E-state index is 12.9. The first kappa shape index (κ1) is 44.7. The standard InChI is InChI=1S/C39H50F3N7O11/c40-39(41,42)22-5-9-24(10-6-22)57-25-11-15-48(16-12-25)23-7-3-21(4-8-23)20-46-28(51)2-1-14-45-31(36(44)55)34(59-30-18-26(50)27(19-43)58-30)35-32(53)33(54)37(60-35)49-17-13-29(52)47-38(49)56/h3-10,13,17,25-27,30-35,37,45,50,53-54H,1-2,11-12,14-16,18-20,43H2,(H2,44,55)(H,46,51)(H,47,52,56)/t26-,27+,30-,31-,32-,33+,34-,35-,37+/m0/s1. The molecule has 3 fully saturated rings. The van der Waals surface area contributed by atoms with E-state index < -0.39 is 84.1 Å². The second-order valence-corrected chi connectivity index (χ2v) is 14.9. The third-order valence-electron chi connectivity index (χ3n) is 10.8. The van der Waals surface area contributed by atoms with Crippen molar-refractivity contribution in [2.75, 3.05) is 31.1 Å². The maximum atomic E-state index is 12.9. The topological polar surface area (TPSA) is 266 Å². The Kier molecular flexibility index (Phi) is 14.6. The van der Waals surface area contributed by atoms with Gasteiger partial charge in [0, 0.05) is 69.8 Å². The molecule has 328 valence electrons. The molecule has 6 rings (SSSR count). The van der Waals surface area contributed by atoms with Crippen LogP contribution < -0.4 is 43.0 Å². The van der Waals surface area contributed by atoms with Gasteiger partial charge in [-0.3, -0.25) is 23.9 Å². The first-order chi connectivity index (χ1) is 28.6. The Hall–Kier alpha value is -4.87. The van der Waals surface area contributed by atoms with E-state index in [1.807, 2.05) is 29.2 Å². The number of hydrogen-bond donors (Lipinski definition) is 8. The number of aliphatic hydroxyl groups excluding tert-OH is 3. The molecule has 0 spiro atoms. The van der Waals surface area contributed by atoms with Crippen LogP contribution in [0.2, 0.25) is 0 Å². The van der Waals surface area contributed by atoms with E-state index in [0.717, 1.165) is 40.2 Å². The minimum absolute atomic E-state index is 0.0362. The van der Waals surface area contributed by atoms with Crippen LogP contribution >= 0.6 is 0 Å². The molecule has 0 saturated carbocycles. The summed E-state index contributed by atoms with van der Waals surface area (Å²) in [4.78, 5) is 54.0. The summed E-state index contributed by atoms with van der Waals surface area (Å²) in [6.45, 7) is 1.67. The molecule has 1 aromatic heterocycles. The molecule has 0 unspecified atom stereocenters. The highest BCUT2D eigenvalue weighted by Crippen LogP contribution is 2.35. The van der Waals surface area contributed by atoms with Gasteiger partial charge >= 0.3 is 11.9 Å². The zero-order valence-electron chi connectivity index (χ0n) is 32.4. The van der Waals surface area contributed by atoms with Crippen molar-refractivity contribution < 1.29 is 57.0 Å². The summed E-state index contributed by atoms with van der Waals surface area (Å²) in [6, 6.07) is 12.0. The number of benzene rings is 2. The number of hydrogen-bond acceptors (Lipinski definition) is 14. The molecule has 10 N–H and O–H groups in total. The van der Waals surface area contributed by atoms with Crippen molar-refractivity contribution >= 4 is 17.5 Å². The van der Waals surface area contributed by atoms with E-state index >= 15 is 0 Å². The van der Waals surface area contributed by atoms with Crippen LogP contribution in [0.1, 0.15) is 49.5 Å². The van der Waals surface area contributed by atoms with Gasteiger partial charge in [-0.15, -0.1) is 0 Å². The van der Waals surface area contributed by atoms with Crippen molar-refractivity contribution in [1.29, 1.82) is 0 Å². The number of nitrogens with two attached hydrogens (primary N) is 2. The summed E-state index contributed by atoms with van der Waals surface area (Å²) in [5.41, 5.74) is 11.0. The lowest BCUT2D eigenvalue weighted by Gasteiger charge is -2.33. The second kappa shape index (κ2) is 19.7. The summed E-state index contributed by atoms with van der Waals surface area (Å²) in [5.74, 6) is -0.812. The molecule has 3 aromatic rings. The molecule has 60 heavy (non-hydrogen) atoms. The third kappa shape index (κ3) is 11.1. The van der Waals surface area contributed by atoms with Crippen LogP contribution in [0.5, 0.6) is 5.75 Å². The van der Waals surface area contributed by atoms with E-state index in [4.69, 9.17) is 30.4 Å². The van der Waals surface area contributed by atoms with E-state index in [0.29, 0.717) is 31.7 Å². The van der Waals surface area contributed by atoms with E-state index in [1.165, 1.54) is 12.1 Å². The second-order valence-electron chi connectivity index (χ2n) is 14.9. The number of carbonyl (C=O) groups is 2. The molecular formula is C39H50F3N7O11. The number of aromatic amines is 1. The Morgan fingerprint density at radius 3 is 2.30 bits per heavy atom. The molecule has 0 bridgehead atoms. The molecule has 3 aliphatic rings. The van der Waals surface area contributed by atoms with Gasteiger partial charge in [-0.05, 0) is 54.9 Å². The highest BCUT2D eigenvalue weighted by atomic mass is 19.4. The van der Waals surface area contributed by atoms with Crippen molar-refractivity contribution in [1.82, 2.24) is 20.2 Å². The highest BCUT2D eigenvalue weighted by molar-refractivity contribution is 5.80. The van der Waals surface area contributed by atoms with Crippen LogP contribution in [0.25, 0.3) is 0 Å². The number of nitrogens with one attached hydrogen (secondary N) is 3. The van der Waals surface area contributed by atoms with Gasteiger partial charge in [-0.2, -0.15) is 13.2 Å². The predicted octanol–water partition coefficient (Wildman–Crippen LogP) is -0.418. The average Bonchev–Trinajstić information content (AvgIpc) is 3.72. The Bertz CT molecular complexity index is 2010. The Morgan fingerprint density at radius 2 is 1.68 bits per heavy atom. The summed E-state index contributed by atoms with van der Waals surface area (Å²) >= 11 is 0. The molecule has 21 heteroatoms. The molecule has 2 amide bonds. The fourth-order valence-corrected chi connectivity index (χ4v) is 7.47. The van der Waals surface area contributed by atoms with E-state index in [2.05, 4.69) is 15.5 Å². The number of aromatic nitrogens is 2. The monoisotopic (exact) mass is 849 g/mol. The fraction of sp³-hybridized carbons (Fsp3) is 0.538. The quantitative estimate of drug-likeness (QED) is 0.0803. The number of anilines is 1. The van der Waals surface area contributed by atoms with Gasteiger partial charge in [0.25, 0.3) is 5.56 Å². The zero-order valence-corrected chi connectivity index (χ0v) is 32.4. The maximum Gasteiger partial charge on any atom is 0.416 e. The molecule has 9 atom stereocenters. The minimum Gasteiger partial charge on any atom is -0.490 e. The van der Waals surface area contributed by atoms with Crippen molar-refractivity contribution in [3.63, 3.8) is 0 Å². The van der Waals surface area contributed by atoms with Crippen LogP contribution in [0.15, 0.2) is 70.4 Å². The molecule has 3 saturated heterocycles. The minimum atomic E-state index is -4.40. The number of piperidine rings is 1. The first-order valence-corrected chi connectivity index (χ1v) is 19.6. The van der Waals surface area contributed by atoms with Gasteiger partial charge in [0.05, 0.1) is 17.8 Å². The predicted molar refractivity (Wildman–Crippen MR) is 206 cm³/mol. The SMILES string of the molecule is NC[C@H]1O[C@@H](O[C@H]([C@H]2O[C@@H](n3ccc(=O)[nH]c3=O)[C@H](O)[C@@H]2O)[C@H](NCCCC(=O)NCc2ccc(N3CCC(Oc4ccc(C(F)(F)F)cc4)CC3)cc2)C(N)=O)C[C@@H]1O. The van der Waals surface area contributed by atoms with Crippen LogP contribution in [-0.4, -0.2) is 118 Å². The number of carbonyl (C=O) groups excluding carboxylic acids is 2. The fourth-order valence-electron chi connectivity index (χ4n) is 7.47. The van der Waals surface area contributed by atoms with Crippen molar-refractivity contribution in [3.05, 3.63) is 92.8 Å². The molecule has 2 aromatic carbocycles. The number of aliphatic hydroxyl groups is 3. The zero-order chi connectivity index (χ0) is 43.1. The lowest BCUT2D eigenvalue weighted by atomic mass is 9.98. The van der Waals surface area contributed by atoms with E-state index in [-0.39, 0.29) is 50.9 Å². The number of amides is 2. The number of H-pyrrole nitrogens is 1. The normalized spacial score (nSPS) is 25.9. The summed E-state index contributed by atoms with van der Waals surface area (Å²) in [7, 11) is 0. The van der Waals surface area contributed by atoms with Crippen LogP contribution in [0.4, 0.5) is 18.9 Å². The van der Waals surface area contributed by atoms with Gasteiger partial charge in [0.2, 0.25) is 11.8 Å². The Labute approximate surface area is 341 Å². The van der Waals surface area contributed by atoms with Gasteiger partial charge in [-0.25, -0.2) is 4.79 Å². The van der Waals surface area contributed by atoms with E-state index in [9.17, 15) is 47.7 Å². The summed E-state index contributed by atoms with van der Waals surface area (Å²) in [5, 5.41) is 38.2. The van der Waals surface area contributed by atoms with Crippen LogP contribution in [0, 0.1) is 0 Å². The van der Waals surface area contributed by atoms with Crippen LogP contribution in [-0.2, 0) is 36.5 Å². The number of nitrogens with zero attached hydrogens (tertiary/aromatic N) is 2. The largest absolute Gasteiger partial charge is 0.490 e. The highest BCUT2D eigenvalue weighted by Gasteiger charge is 2.52. The number of rotatable bonds is 17. The van der Waals surface area contributed by atoms with Crippen LogP contribution in [0.3, 0.4) is 0 Å². The average molecular weight is 850 g/mol. The molecule has 3 aliphatic heterocycles. The van der Waals surface area contributed by atoms with Gasteiger partial charge in [0.15, 0.2) is 12.5 Å². The van der Waals surface area contributed by atoms with Crippen molar-refractivity contribution in [2.45, 2.75) is 106 Å². The van der Waals surface area contributed by atoms with Crippen molar-refractivity contribution in [2.24, 2.45) is 11.5 Å². The Balaban J connectivity index is 0.979. The van der Waals surface area contributed by atoms with Crippen molar-refractivity contribution in [3.8, 4) is 5.75 Å². The van der Waals surface area contributed by atoms with E-state index in [1.54, 1.807) is 0 Å². The van der Waals surface area contributed by atoms with Gasteiger partial charge < -0.3 is 61.3 Å². The smallest absolute Gasteiger partial charge is 0.416 e. The summed E-state index contributed by atoms with van der Waals surface area (Å²) in [6.07, 6.45) is -12.6. The molecule has 4 heterocycles. The molecule has 18 nitrogen and oxygen atoms in total. The summed E-state index contributed by atoms with van der Waals surface area (Å²) < 4.78 is 63.0. The lowest BCUT2D eigenvalue weighted by Crippen LogP contribution is -2.58. The number of primary amides is 1. The lowest BCUT2D eigenvalue weighted by molar-refractivity contribution is -0.207. The number of alkyl halides is 3. The first-order valence-electron chi connectivity index (χ1n) is 19.6. The number of ether oxygens (including phenoxy) is 4. The molecular weight excluding hydrogens is 799 g/mol. The molecule has 0 aliphatic carbocycles.